The fourth-order valence-electron chi connectivity index (χ4n) is 2.99. The van der Waals surface area contributed by atoms with Crippen LogP contribution < -0.4 is 5.69 Å². The van der Waals surface area contributed by atoms with E-state index >= 15 is 0 Å². The van der Waals surface area contributed by atoms with Crippen LogP contribution in [0.3, 0.4) is 0 Å². The molecule has 26 heavy (non-hydrogen) atoms. The van der Waals surface area contributed by atoms with E-state index in [0.29, 0.717) is 11.3 Å². The summed E-state index contributed by atoms with van der Waals surface area (Å²) in [5.74, 6) is -0.151. The minimum Gasteiger partial charge on any atom is -0.305 e. The Labute approximate surface area is 150 Å². The van der Waals surface area contributed by atoms with Gasteiger partial charge in [0.15, 0.2) is 5.78 Å². The number of benzene rings is 3. The van der Waals surface area contributed by atoms with Crippen molar-refractivity contribution in [1.29, 1.82) is 0 Å². The van der Waals surface area contributed by atoms with Gasteiger partial charge in [-0.3, -0.25) is 9.36 Å². The van der Waals surface area contributed by atoms with Gasteiger partial charge in [0.05, 0.1) is 16.7 Å². The lowest BCUT2D eigenvalue weighted by molar-refractivity contribution is 0.104. The lowest BCUT2D eigenvalue weighted by atomic mass is 10.1. The van der Waals surface area contributed by atoms with Gasteiger partial charge >= 0.3 is 5.69 Å². The molecule has 1 aromatic heterocycles. The average molecular weight is 340 g/mol. The van der Waals surface area contributed by atoms with Crippen molar-refractivity contribution in [2.75, 3.05) is 0 Å². The lowest BCUT2D eigenvalue weighted by Crippen LogP contribution is -2.17. The van der Waals surface area contributed by atoms with Crippen LogP contribution in [0.5, 0.6) is 0 Å². The Kier molecular flexibility index (Phi) is 4.07. The number of carbonyl (C=O) groups is 1. The molecule has 4 rings (SSSR count). The molecule has 1 N–H and O–H groups in total. The molecule has 0 aliphatic carbocycles. The third-order valence-electron chi connectivity index (χ3n) is 4.23. The second-order valence-electron chi connectivity index (χ2n) is 5.91. The first-order chi connectivity index (χ1) is 12.7. The standard InChI is InChI=1S/C22H16N2O2/c25-21(17-11-5-2-6-12-17)15-20(16-9-3-1-4-10-16)24-19-14-8-7-13-18(19)23-22(24)26/h1-15H,(H,23,26)/b20-15-. The van der Waals surface area contributed by atoms with Crippen LogP contribution in [-0.4, -0.2) is 15.3 Å². The summed E-state index contributed by atoms with van der Waals surface area (Å²) in [6.45, 7) is 0. The van der Waals surface area contributed by atoms with Crippen LogP contribution in [0.15, 0.2) is 95.8 Å². The number of H-pyrrole nitrogens is 1. The number of ketones is 1. The highest BCUT2D eigenvalue weighted by molar-refractivity contribution is 6.09. The van der Waals surface area contributed by atoms with Gasteiger partial charge in [-0.25, -0.2) is 4.79 Å². The second-order valence-corrected chi connectivity index (χ2v) is 5.91. The van der Waals surface area contributed by atoms with E-state index < -0.39 is 0 Å². The summed E-state index contributed by atoms with van der Waals surface area (Å²) in [4.78, 5) is 28.2. The number of aromatic nitrogens is 2. The van der Waals surface area contributed by atoms with E-state index in [9.17, 15) is 9.59 Å². The van der Waals surface area contributed by atoms with Crippen LogP contribution in [0.2, 0.25) is 0 Å². The molecular formula is C22H16N2O2. The van der Waals surface area contributed by atoms with Gasteiger partial charge in [0.2, 0.25) is 0 Å². The topological polar surface area (TPSA) is 54.9 Å². The van der Waals surface area contributed by atoms with E-state index in [1.165, 1.54) is 6.08 Å². The van der Waals surface area contributed by atoms with Crippen molar-refractivity contribution >= 4 is 22.5 Å². The molecule has 4 nitrogen and oxygen atoms in total. The molecule has 0 aliphatic heterocycles. The number of carbonyl (C=O) groups excluding carboxylic acids is 1. The predicted molar refractivity (Wildman–Crippen MR) is 103 cm³/mol. The van der Waals surface area contributed by atoms with Crippen LogP contribution in [0.25, 0.3) is 16.7 Å². The molecule has 0 radical (unpaired) electrons. The number of imidazole rings is 1. The molecule has 1 heterocycles. The molecule has 0 saturated carbocycles. The number of hydrogen-bond acceptors (Lipinski definition) is 2. The van der Waals surface area contributed by atoms with Crippen molar-refractivity contribution in [2.24, 2.45) is 0 Å². The maximum Gasteiger partial charge on any atom is 0.331 e. The van der Waals surface area contributed by atoms with E-state index in [1.807, 2.05) is 72.8 Å². The fourth-order valence-corrected chi connectivity index (χ4v) is 2.99. The number of aromatic amines is 1. The van der Waals surface area contributed by atoms with Gasteiger partial charge in [-0.15, -0.1) is 0 Å². The largest absolute Gasteiger partial charge is 0.331 e. The fraction of sp³-hybridized carbons (Fsp3) is 0. The van der Waals surface area contributed by atoms with E-state index in [1.54, 1.807) is 16.7 Å². The van der Waals surface area contributed by atoms with Gasteiger partial charge in [-0.2, -0.15) is 0 Å². The predicted octanol–water partition coefficient (Wildman–Crippen LogP) is 4.10. The number of nitrogens with one attached hydrogen (secondary N) is 1. The summed E-state index contributed by atoms with van der Waals surface area (Å²) in [6.07, 6.45) is 1.52. The zero-order valence-electron chi connectivity index (χ0n) is 13.9. The zero-order valence-corrected chi connectivity index (χ0v) is 13.9. The number of fused-ring (bicyclic) bond motifs is 1. The molecule has 0 aliphatic rings. The Hall–Kier alpha value is -3.66. The molecule has 4 aromatic rings. The monoisotopic (exact) mass is 340 g/mol. The smallest absolute Gasteiger partial charge is 0.305 e. The number of rotatable bonds is 4. The van der Waals surface area contributed by atoms with Gasteiger partial charge in [0.25, 0.3) is 0 Å². The summed E-state index contributed by atoms with van der Waals surface area (Å²) in [6, 6.07) is 25.9. The Bertz CT molecular complexity index is 1150. The van der Waals surface area contributed by atoms with Crippen LogP contribution >= 0.6 is 0 Å². The molecule has 4 heteroatoms. The minimum absolute atomic E-state index is 0.151. The third-order valence-corrected chi connectivity index (χ3v) is 4.23. The summed E-state index contributed by atoms with van der Waals surface area (Å²) in [7, 11) is 0. The van der Waals surface area contributed by atoms with Crippen molar-refractivity contribution in [3.63, 3.8) is 0 Å². The van der Waals surface area contributed by atoms with Crippen molar-refractivity contribution in [2.45, 2.75) is 0 Å². The first kappa shape index (κ1) is 15.8. The molecular weight excluding hydrogens is 324 g/mol. The quantitative estimate of drug-likeness (QED) is 0.449. The van der Waals surface area contributed by atoms with E-state index in [2.05, 4.69) is 4.98 Å². The molecule has 0 spiro atoms. The number of hydrogen-bond donors (Lipinski definition) is 1. The highest BCUT2D eigenvalue weighted by atomic mass is 16.1. The minimum atomic E-state index is -0.276. The number of allylic oxidation sites excluding steroid dienone is 1. The number of para-hydroxylation sites is 2. The molecule has 3 aromatic carbocycles. The van der Waals surface area contributed by atoms with Crippen LogP contribution in [0.1, 0.15) is 15.9 Å². The van der Waals surface area contributed by atoms with E-state index in [-0.39, 0.29) is 11.5 Å². The summed E-state index contributed by atoms with van der Waals surface area (Å²) >= 11 is 0. The maximum absolute atomic E-state index is 12.8. The maximum atomic E-state index is 12.8. The SMILES string of the molecule is O=C(/C=C(/c1ccccc1)n1c(=O)[nH]c2ccccc21)c1ccccc1. The zero-order chi connectivity index (χ0) is 17.9. The van der Waals surface area contributed by atoms with Crippen molar-refractivity contribution in [3.8, 4) is 0 Å². The molecule has 0 fully saturated rings. The highest BCUT2D eigenvalue weighted by Crippen LogP contribution is 2.21. The first-order valence-corrected chi connectivity index (χ1v) is 8.31. The van der Waals surface area contributed by atoms with Gasteiger partial charge in [-0.05, 0) is 17.7 Å². The Balaban J connectivity index is 1.95. The molecule has 126 valence electrons. The molecule has 0 unspecified atom stereocenters. The van der Waals surface area contributed by atoms with Gasteiger partial charge < -0.3 is 4.98 Å². The van der Waals surface area contributed by atoms with Crippen molar-refractivity contribution < 1.29 is 4.79 Å². The first-order valence-electron chi connectivity index (χ1n) is 8.31. The molecule has 0 amide bonds. The van der Waals surface area contributed by atoms with Gasteiger partial charge in [-0.1, -0.05) is 72.8 Å². The Morgan fingerprint density at radius 1 is 0.769 bits per heavy atom. The molecule has 0 saturated heterocycles. The van der Waals surface area contributed by atoms with Gasteiger partial charge in [0, 0.05) is 11.6 Å². The molecule has 0 bridgehead atoms. The van der Waals surface area contributed by atoms with Crippen LogP contribution in [0.4, 0.5) is 0 Å². The summed E-state index contributed by atoms with van der Waals surface area (Å²) in [5.41, 5.74) is 3.10. The Morgan fingerprint density at radius 2 is 1.35 bits per heavy atom. The Morgan fingerprint density at radius 3 is 2.04 bits per heavy atom. The molecule has 0 atom stereocenters. The van der Waals surface area contributed by atoms with Crippen molar-refractivity contribution in [1.82, 2.24) is 9.55 Å². The lowest BCUT2D eigenvalue weighted by Gasteiger charge is -2.10. The normalized spacial score (nSPS) is 11.6. The average Bonchev–Trinajstić information content (AvgIpc) is 3.03. The summed E-state index contributed by atoms with van der Waals surface area (Å²) in [5, 5.41) is 0. The van der Waals surface area contributed by atoms with Crippen molar-refractivity contribution in [3.05, 3.63) is 113 Å². The van der Waals surface area contributed by atoms with Crippen LogP contribution in [-0.2, 0) is 0 Å². The highest BCUT2D eigenvalue weighted by Gasteiger charge is 2.14. The summed E-state index contributed by atoms with van der Waals surface area (Å²) < 4.78 is 1.55. The van der Waals surface area contributed by atoms with E-state index in [4.69, 9.17) is 0 Å². The number of nitrogens with zero attached hydrogens (tertiary/aromatic N) is 1. The third kappa shape index (κ3) is 2.89. The van der Waals surface area contributed by atoms with E-state index in [0.717, 1.165) is 16.6 Å². The second kappa shape index (κ2) is 6.69. The van der Waals surface area contributed by atoms with Gasteiger partial charge in [0.1, 0.15) is 0 Å². The van der Waals surface area contributed by atoms with Crippen LogP contribution in [0, 0.1) is 0 Å².